The third-order valence-electron chi connectivity index (χ3n) is 4.79. The maximum absolute atomic E-state index is 13.1. The van der Waals surface area contributed by atoms with E-state index in [1.807, 2.05) is 12.1 Å². The van der Waals surface area contributed by atoms with Gasteiger partial charge in [0.05, 0.1) is 21.3 Å². The van der Waals surface area contributed by atoms with Gasteiger partial charge in [0.2, 0.25) is 0 Å². The molecule has 0 aliphatic heterocycles. The number of ketones is 1. The van der Waals surface area contributed by atoms with Crippen molar-refractivity contribution in [1.82, 2.24) is 0 Å². The Morgan fingerprint density at radius 3 is 1.63 bits per heavy atom. The molecule has 0 atom stereocenters. The standard InChI is InChI=1S/C23H30O4/c1-14(2)16-8-17(15(3)4)10-18(9-16)21(24)13-20-22(26-6)11-19(25-5)12-23(20)27-7/h8-12,14-15H,13H2,1-7H3. The van der Waals surface area contributed by atoms with E-state index < -0.39 is 0 Å². The number of hydrogen-bond donors (Lipinski definition) is 0. The minimum atomic E-state index is 0.0427. The molecule has 0 N–H and O–H groups in total. The topological polar surface area (TPSA) is 44.8 Å². The van der Waals surface area contributed by atoms with Crippen molar-refractivity contribution in [3.8, 4) is 17.2 Å². The number of carbonyl (C=O) groups excluding carboxylic acids is 1. The first-order chi connectivity index (χ1) is 12.8. The molecule has 0 aromatic heterocycles. The second-order valence-electron chi connectivity index (χ2n) is 7.31. The van der Waals surface area contributed by atoms with E-state index in [1.54, 1.807) is 33.5 Å². The Morgan fingerprint density at radius 2 is 1.26 bits per heavy atom. The second-order valence-corrected chi connectivity index (χ2v) is 7.31. The fraction of sp³-hybridized carbons (Fsp3) is 0.435. The van der Waals surface area contributed by atoms with Gasteiger partial charge in [0, 0.05) is 29.7 Å². The van der Waals surface area contributed by atoms with Crippen LogP contribution in [0.2, 0.25) is 0 Å². The van der Waals surface area contributed by atoms with Gasteiger partial charge in [0.1, 0.15) is 17.2 Å². The van der Waals surface area contributed by atoms with Crippen molar-refractivity contribution in [2.45, 2.75) is 46.0 Å². The van der Waals surface area contributed by atoms with Gasteiger partial charge in [-0.3, -0.25) is 4.79 Å². The SMILES string of the molecule is COc1cc(OC)c(CC(=O)c2cc(C(C)C)cc(C(C)C)c2)c(OC)c1. The highest BCUT2D eigenvalue weighted by atomic mass is 16.5. The predicted molar refractivity (Wildman–Crippen MR) is 109 cm³/mol. The quantitative estimate of drug-likeness (QED) is 0.585. The molecular weight excluding hydrogens is 340 g/mol. The van der Waals surface area contributed by atoms with Crippen LogP contribution in [0.3, 0.4) is 0 Å². The third kappa shape index (κ3) is 4.82. The van der Waals surface area contributed by atoms with Crippen molar-refractivity contribution in [2.24, 2.45) is 0 Å². The highest BCUT2D eigenvalue weighted by Gasteiger charge is 2.19. The van der Waals surface area contributed by atoms with Crippen LogP contribution in [-0.4, -0.2) is 27.1 Å². The molecule has 0 saturated heterocycles. The molecule has 4 heteroatoms. The highest BCUT2D eigenvalue weighted by Crippen LogP contribution is 2.35. The Kier molecular flexibility index (Phi) is 6.89. The molecule has 0 fully saturated rings. The van der Waals surface area contributed by atoms with Crippen LogP contribution < -0.4 is 14.2 Å². The molecule has 0 unspecified atom stereocenters. The maximum Gasteiger partial charge on any atom is 0.167 e. The Bertz CT molecular complexity index is 755. The van der Waals surface area contributed by atoms with Crippen molar-refractivity contribution in [3.05, 3.63) is 52.6 Å². The number of methoxy groups -OCH3 is 3. The van der Waals surface area contributed by atoms with E-state index in [1.165, 1.54) is 11.1 Å². The van der Waals surface area contributed by atoms with Crippen LogP contribution in [0.1, 0.15) is 66.6 Å². The fourth-order valence-electron chi connectivity index (χ4n) is 3.02. The fourth-order valence-corrected chi connectivity index (χ4v) is 3.02. The lowest BCUT2D eigenvalue weighted by Crippen LogP contribution is -2.09. The smallest absolute Gasteiger partial charge is 0.167 e. The van der Waals surface area contributed by atoms with Crippen molar-refractivity contribution >= 4 is 5.78 Å². The van der Waals surface area contributed by atoms with Crippen molar-refractivity contribution in [2.75, 3.05) is 21.3 Å². The molecule has 0 radical (unpaired) electrons. The molecular formula is C23H30O4. The third-order valence-corrected chi connectivity index (χ3v) is 4.79. The largest absolute Gasteiger partial charge is 0.496 e. The first-order valence-corrected chi connectivity index (χ1v) is 9.27. The van der Waals surface area contributed by atoms with Crippen molar-refractivity contribution < 1.29 is 19.0 Å². The molecule has 0 saturated carbocycles. The first kappa shape index (κ1) is 20.8. The minimum Gasteiger partial charge on any atom is -0.496 e. The van der Waals surface area contributed by atoms with E-state index in [2.05, 4.69) is 33.8 Å². The van der Waals surface area contributed by atoms with Gasteiger partial charge in [-0.2, -0.15) is 0 Å². The lowest BCUT2D eigenvalue weighted by atomic mass is 9.90. The Balaban J connectivity index is 2.46. The molecule has 2 aromatic rings. The zero-order valence-corrected chi connectivity index (χ0v) is 17.4. The van der Waals surface area contributed by atoms with Gasteiger partial charge >= 0.3 is 0 Å². The summed E-state index contributed by atoms with van der Waals surface area (Å²) in [6.07, 6.45) is 0.204. The lowest BCUT2D eigenvalue weighted by molar-refractivity contribution is 0.0991. The average Bonchev–Trinajstić information content (AvgIpc) is 2.67. The summed E-state index contributed by atoms with van der Waals surface area (Å²) in [5, 5.41) is 0. The average molecular weight is 370 g/mol. The maximum atomic E-state index is 13.1. The van der Waals surface area contributed by atoms with Crippen LogP contribution >= 0.6 is 0 Å². The van der Waals surface area contributed by atoms with Crippen LogP contribution in [0.25, 0.3) is 0 Å². The van der Waals surface area contributed by atoms with Gasteiger partial charge < -0.3 is 14.2 Å². The van der Waals surface area contributed by atoms with Gasteiger partial charge in [0.15, 0.2) is 5.78 Å². The number of hydrogen-bond acceptors (Lipinski definition) is 4. The molecule has 2 aromatic carbocycles. The van der Waals surface area contributed by atoms with Gasteiger partial charge in [-0.15, -0.1) is 0 Å². The van der Waals surface area contributed by atoms with Crippen molar-refractivity contribution in [3.63, 3.8) is 0 Å². The summed E-state index contributed by atoms with van der Waals surface area (Å²) in [5.74, 6) is 2.57. The van der Waals surface area contributed by atoms with Crippen LogP contribution in [-0.2, 0) is 6.42 Å². The molecule has 0 aliphatic rings. The monoisotopic (exact) mass is 370 g/mol. The molecule has 0 spiro atoms. The number of rotatable bonds is 8. The molecule has 146 valence electrons. The van der Waals surface area contributed by atoms with Crippen LogP contribution in [0.4, 0.5) is 0 Å². The summed E-state index contributed by atoms with van der Waals surface area (Å²) in [5.41, 5.74) is 3.81. The number of carbonyl (C=O) groups is 1. The van der Waals surface area contributed by atoms with E-state index >= 15 is 0 Å². The van der Waals surface area contributed by atoms with Crippen LogP contribution in [0.5, 0.6) is 17.2 Å². The van der Waals surface area contributed by atoms with E-state index in [-0.39, 0.29) is 12.2 Å². The summed E-state index contributed by atoms with van der Waals surface area (Å²) >= 11 is 0. The lowest BCUT2D eigenvalue weighted by Gasteiger charge is -2.16. The predicted octanol–water partition coefficient (Wildman–Crippen LogP) is 5.38. The van der Waals surface area contributed by atoms with Gasteiger partial charge in [-0.1, -0.05) is 33.8 Å². The molecule has 4 nitrogen and oxygen atoms in total. The Morgan fingerprint density at radius 1 is 0.778 bits per heavy atom. The van der Waals surface area contributed by atoms with Gasteiger partial charge in [-0.25, -0.2) is 0 Å². The molecule has 0 aliphatic carbocycles. The first-order valence-electron chi connectivity index (χ1n) is 9.27. The zero-order chi connectivity index (χ0) is 20.1. The van der Waals surface area contributed by atoms with Crippen LogP contribution in [0, 0.1) is 0 Å². The number of Topliss-reactive ketones (excluding diaryl/α,β-unsaturated/α-hetero) is 1. The molecule has 0 amide bonds. The van der Waals surface area contributed by atoms with E-state index in [0.717, 1.165) is 11.1 Å². The summed E-state index contributed by atoms with van der Waals surface area (Å²) < 4.78 is 16.2. The Labute approximate surface area is 162 Å². The number of benzene rings is 2. The minimum absolute atomic E-state index is 0.0427. The van der Waals surface area contributed by atoms with Gasteiger partial charge in [-0.05, 0) is 35.1 Å². The summed E-state index contributed by atoms with van der Waals surface area (Å²) in [4.78, 5) is 13.1. The summed E-state index contributed by atoms with van der Waals surface area (Å²) in [6, 6.07) is 9.74. The van der Waals surface area contributed by atoms with E-state index in [9.17, 15) is 4.79 Å². The van der Waals surface area contributed by atoms with E-state index in [0.29, 0.717) is 29.1 Å². The normalized spacial score (nSPS) is 11.0. The second kappa shape index (κ2) is 8.94. The van der Waals surface area contributed by atoms with Gasteiger partial charge in [0.25, 0.3) is 0 Å². The molecule has 27 heavy (non-hydrogen) atoms. The summed E-state index contributed by atoms with van der Waals surface area (Å²) in [6.45, 7) is 8.57. The highest BCUT2D eigenvalue weighted by molar-refractivity contribution is 5.98. The summed E-state index contributed by atoms with van der Waals surface area (Å²) in [7, 11) is 4.75. The molecule has 0 bridgehead atoms. The molecule has 0 heterocycles. The molecule has 2 rings (SSSR count). The zero-order valence-electron chi connectivity index (χ0n) is 17.4. The van der Waals surface area contributed by atoms with Crippen LogP contribution in [0.15, 0.2) is 30.3 Å². The van der Waals surface area contributed by atoms with E-state index in [4.69, 9.17) is 14.2 Å². The van der Waals surface area contributed by atoms with Crippen molar-refractivity contribution in [1.29, 1.82) is 0 Å². The Hall–Kier alpha value is -2.49. The number of ether oxygens (including phenoxy) is 3.